The summed E-state index contributed by atoms with van der Waals surface area (Å²) in [7, 11) is -4.20. The number of hydrogen-bond donors (Lipinski definition) is 1. The van der Waals surface area contributed by atoms with Crippen molar-refractivity contribution >= 4 is 20.9 Å². The summed E-state index contributed by atoms with van der Waals surface area (Å²) in [5.41, 5.74) is 0.0380. The van der Waals surface area contributed by atoms with Crippen LogP contribution in [0.4, 0.5) is 13.2 Å². The Balaban J connectivity index is 1.44. The van der Waals surface area contributed by atoms with Crippen molar-refractivity contribution < 1.29 is 21.6 Å². The summed E-state index contributed by atoms with van der Waals surface area (Å²) in [6, 6.07) is 11.8. The summed E-state index contributed by atoms with van der Waals surface area (Å²) in [6.45, 7) is 0.141. The predicted molar refractivity (Wildman–Crippen MR) is 128 cm³/mol. The van der Waals surface area contributed by atoms with E-state index in [1.54, 1.807) is 49.2 Å². The second kappa shape index (κ2) is 9.62. The molecule has 1 aliphatic rings. The number of rotatable bonds is 6. The van der Waals surface area contributed by atoms with Gasteiger partial charge in [0.1, 0.15) is 12.7 Å². The van der Waals surface area contributed by atoms with Crippen LogP contribution in [0.25, 0.3) is 22.0 Å². The molecule has 0 amide bonds. The van der Waals surface area contributed by atoms with Crippen molar-refractivity contribution in [2.24, 2.45) is 5.92 Å². The number of pyridine rings is 1. The van der Waals surface area contributed by atoms with E-state index in [2.05, 4.69) is 19.9 Å². The highest BCUT2D eigenvalue weighted by Gasteiger charge is 2.33. The molecule has 5 rings (SSSR count). The molecule has 7 nitrogen and oxygen atoms in total. The van der Waals surface area contributed by atoms with Crippen LogP contribution in [0.5, 0.6) is 0 Å². The van der Waals surface area contributed by atoms with E-state index in [0.29, 0.717) is 17.1 Å². The summed E-state index contributed by atoms with van der Waals surface area (Å²) in [5.74, 6) is 0.0495. The average molecular weight is 516 g/mol. The molecule has 0 radical (unpaired) electrons. The van der Waals surface area contributed by atoms with Gasteiger partial charge in [0.25, 0.3) is 0 Å². The van der Waals surface area contributed by atoms with Crippen LogP contribution in [-0.2, 0) is 16.2 Å². The number of nitrogens with one attached hydrogen (secondary N) is 1. The smallest absolute Gasteiger partial charge is 0.317 e. The highest BCUT2D eigenvalue weighted by molar-refractivity contribution is 7.89. The van der Waals surface area contributed by atoms with Crippen molar-refractivity contribution in [1.29, 1.82) is 0 Å². The molecule has 2 aromatic heterocycles. The number of halogens is 3. The number of nitrogens with zero attached hydrogens (tertiary/aromatic N) is 4. The fraction of sp³-hybridized carbons (Fsp3) is 0.320. The van der Waals surface area contributed by atoms with Crippen LogP contribution in [0.3, 0.4) is 0 Å². The van der Waals surface area contributed by atoms with Crippen molar-refractivity contribution in [3.05, 3.63) is 72.9 Å². The number of sulfonamides is 1. The van der Waals surface area contributed by atoms with E-state index in [-0.39, 0.29) is 24.1 Å². The lowest BCUT2D eigenvalue weighted by molar-refractivity contribution is -0.137. The van der Waals surface area contributed by atoms with E-state index in [1.807, 2.05) is 4.57 Å². The summed E-state index contributed by atoms with van der Waals surface area (Å²) in [5, 5.41) is 8.41. The molecule has 0 spiro atoms. The van der Waals surface area contributed by atoms with E-state index in [1.165, 1.54) is 6.07 Å². The molecule has 1 N–H and O–H groups in total. The molecule has 1 aliphatic carbocycles. The second-order valence-electron chi connectivity index (χ2n) is 9.07. The molecule has 2 atom stereocenters. The van der Waals surface area contributed by atoms with Gasteiger partial charge < -0.3 is 4.57 Å². The van der Waals surface area contributed by atoms with Crippen LogP contribution in [0.1, 0.15) is 37.3 Å². The standard InChI is InChI=1S/C25H24F3N5O2S/c26-25(27,28)20-11-19(23-8-2-5-18-6-3-9-29-24(18)23)12-22(13-20)36(34,35)32-14-17-4-1-7-21(10-17)33-15-30-31-16-33/h2-3,5-6,8-9,11-13,15-17,21,32H,1,4,7,10,14H2/t17-,21+/m0/s1. The Morgan fingerprint density at radius 2 is 1.81 bits per heavy atom. The molecule has 1 saturated carbocycles. The third-order valence-electron chi connectivity index (χ3n) is 6.66. The van der Waals surface area contributed by atoms with Crippen molar-refractivity contribution in [2.75, 3.05) is 6.54 Å². The lowest BCUT2D eigenvalue weighted by Gasteiger charge is -2.29. The van der Waals surface area contributed by atoms with E-state index < -0.39 is 26.7 Å². The quantitative estimate of drug-likeness (QED) is 0.380. The van der Waals surface area contributed by atoms with Crippen molar-refractivity contribution in [1.82, 2.24) is 24.5 Å². The SMILES string of the molecule is O=S(=O)(NC[C@H]1CCC[C@@H](n2cnnc2)C1)c1cc(-c2cccc3cccnc23)cc(C(F)(F)F)c1. The van der Waals surface area contributed by atoms with Gasteiger partial charge in [-0.15, -0.1) is 10.2 Å². The summed E-state index contributed by atoms with van der Waals surface area (Å²) < 4.78 is 72.2. The largest absolute Gasteiger partial charge is 0.416 e. The fourth-order valence-electron chi connectivity index (χ4n) is 4.84. The molecule has 2 aromatic carbocycles. The summed E-state index contributed by atoms with van der Waals surface area (Å²) in [4.78, 5) is 3.89. The lowest BCUT2D eigenvalue weighted by atomic mass is 9.86. The number of alkyl halides is 3. The van der Waals surface area contributed by atoms with Gasteiger partial charge in [0, 0.05) is 29.7 Å². The Labute approximate surface area is 206 Å². The van der Waals surface area contributed by atoms with Gasteiger partial charge in [-0.1, -0.05) is 30.7 Å². The maximum atomic E-state index is 13.8. The predicted octanol–water partition coefficient (Wildman–Crippen LogP) is 5.22. The van der Waals surface area contributed by atoms with E-state index in [9.17, 15) is 21.6 Å². The number of fused-ring (bicyclic) bond motifs is 1. The number of para-hydroxylation sites is 1. The molecule has 11 heteroatoms. The zero-order valence-corrected chi connectivity index (χ0v) is 20.0. The van der Waals surface area contributed by atoms with Crippen molar-refractivity contribution in [3.63, 3.8) is 0 Å². The van der Waals surface area contributed by atoms with Gasteiger partial charge in [-0.3, -0.25) is 4.98 Å². The molecule has 0 saturated heterocycles. The van der Waals surface area contributed by atoms with Crippen LogP contribution in [-0.4, -0.2) is 34.7 Å². The third kappa shape index (κ3) is 5.12. The lowest BCUT2D eigenvalue weighted by Crippen LogP contribution is -2.32. The van der Waals surface area contributed by atoms with Gasteiger partial charge in [-0.05, 0) is 55.0 Å². The minimum Gasteiger partial charge on any atom is -0.317 e. The molecule has 0 aliphatic heterocycles. The van der Waals surface area contributed by atoms with Crippen LogP contribution in [0, 0.1) is 5.92 Å². The Morgan fingerprint density at radius 1 is 1.03 bits per heavy atom. The molecule has 1 fully saturated rings. The van der Waals surface area contributed by atoms with Crippen molar-refractivity contribution in [2.45, 2.75) is 42.8 Å². The van der Waals surface area contributed by atoms with Gasteiger partial charge in [0.05, 0.1) is 16.0 Å². The summed E-state index contributed by atoms with van der Waals surface area (Å²) >= 11 is 0. The topological polar surface area (TPSA) is 89.8 Å². The van der Waals surface area contributed by atoms with Crippen LogP contribution in [0.2, 0.25) is 0 Å². The molecule has 0 unspecified atom stereocenters. The first-order chi connectivity index (χ1) is 17.2. The molecule has 188 valence electrons. The van der Waals surface area contributed by atoms with Crippen LogP contribution < -0.4 is 4.72 Å². The highest BCUT2D eigenvalue weighted by atomic mass is 32.2. The minimum atomic E-state index is -4.71. The average Bonchev–Trinajstić information content (AvgIpc) is 3.42. The first kappa shape index (κ1) is 24.4. The number of hydrogen-bond acceptors (Lipinski definition) is 5. The number of aromatic nitrogens is 4. The van der Waals surface area contributed by atoms with Gasteiger partial charge in [-0.2, -0.15) is 13.2 Å². The Morgan fingerprint density at radius 3 is 2.58 bits per heavy atom. The Hall–Kier alpha value is -3.31. The zero-order chi connectivity index (χ0) is 25.3. The zero-order valence-electron chi connectivity index (χ0n) is 19.2. The maximum absolute atomic E-state index is 13.8. The molecule has 4 aromatic rings. The molecular formula is C25H24F3N5O2S. The normalized spacial score (nSPS) is 19.0. The minimum absolute atomic E-state index is 0.0495. The Bertz CT molecular complexity index is 1470. The fourth-order valence-corrected chi connectivity index (χ4v) is 6.02. The van der Waals surface area contributed by atoms with Gasteiger partial charge in [-0.25, -0.2) is 13.1 Å². The van der Waals surface area contributed by atoms with Gasteiger partial charge in [0.15, 0.2) is 0 Å². The monoisotopic (exact) mass is 515 g/mol. The maximum Gasteiger partial charge on any atom is 0.416 e. The number of benzene rings is 2. The first-order valence-electron chi connectivity index (χ1n) is 11.6. The highest BCUT2D eigenvalue weighted by Crippen LogP contribution is 2.37. The first-order valence-corrected chi connectivity index (χ1v) is 13.1. The van der Waals surface area contributed by atoms with E-state index in [0.717, 1.165) is 37.1 Å². The molecular weight excluding hydrogens is 491 g/mol. The molecule has 0 bridgehead atoms. The van der Waals surface area contributed by atoms with Gasteiger partial charge >= 0.3 is 6.18 Å². The summed E-state index contributed by atoms with van der Waals surface area (Å²) in [6.07, 6.45) is 3.54. The van der Waals surface area contributed by atoms with Crippen LogP contribution in [0.15, 0.2) is 72.3 Å². The molecule has 36 heavy (non-hydrogen) atoms. The molecule has 2 heterocycles. The van der Waals surface area contributed by atoms with Gasteiger partial charge in [0.2, 0.25) is 10.0 Å². The second-order valence-corrected chi connectivity index (χ2v) is 10.8. The van der Waals surface area contributed by atoms with E-state index in [4.69, 9.17) is 0 Å². The Kier molecular flexibility index (Phi) is 6.52. The van der Waals surface area contributed by atoms with Crippen molar-refractivity contribution in [3.8, 4) is 11.1 Å². The third-order valence-corrected chi connectivity index (χ3v) is 8.07. The van der Waals surface area contributed by atoms with E-state index >= 15 is 0 Å². The van der Waals surface area contributed by atoms with Crippen LogP contribution >= 0.6 is 0 Å².